The third-order valence-corrected chi connectivity index (χ3v) is 1.73. The molecule has 0 bridgehead atoms. The van der Waals surface area contributed by atoms with Crippen molar-refractivity contribution in [2.45, 2.75) is 46.0 Å². The predicted octanol–water partition coefficient (Wildman–Crippen LogP) is 1.21. The first-order valence-corrected chi connectivity index (χ1v) is 5.55. The molecule has 4 heteroatoms. The summed E-state index contributed by atoms with van der Waals surface area (Å²) in [5.41, 5.74) is 0. The molecule has 0 saturated heterocycles. The van der Waals surface area contributed by atoms with Crippen LogP contribution in [0, 0.1) is 0 Å². The van der Waals surface area contributed by atoms with Crippen molar-refractivity contribution >= 4 is 0 Å². The molecule has 3 unspecified atom stereocenters. The number of aliphatic hydroxyl groups is 1. The Balaban J connectivity index is 3.42. The summed E-state index contributed by atoms with van der Waals surface area (Å²) in [6, 6.07) is 0. The molecule has 0 saturated carbocycles. The highest BCUT2D eigenvalue weighted by Crippen LogP contribution is 2.00. The zero-order chi connectivity index (χ0) is 11.7. The standard InChI is InChI=1S/C11H24O4/c1-5-13-7-10(3)15-11(4)8-14-6-9(2)12/h9-12H,5-8H2,1-4H3. The Kier molecular flexibility index (Phi) is 9.00. The number of rotatable bonds is 9. The fourth-order valence-corrected chi connectivity index (χ4v) is 1.16. The van der Waals surface area contributed by atoms with Crippen molar-refractivity contribution in [3.63, 3.8) is 0 Å². The van der Waals surface area contributed by atoms with E-state index in [1.165, 1.54) is 0 Å². The Morgan fingerprint density at radius 3 is 1.93 bits per heavy atom. The average molecular weight is 220 g/mol. The van der Waals surface area contributed by atoms with E-state index < -0.39 is 6.10 Å². The molecular weight excluding hydrogens is 196 g/mol. The van der Waals surface area contributed by atoms with Crippen LogP contribution >= 0.6 is 0 Å². The number of hydrogen-bond donors (Lipinski definition) is 1. The summed E-state index contributed by atoms with van der Waals surface area (Å²) in [7, 11) is 0. The highest BCUT2D eigenvalue weighted by atomic mass is 16.6. The molecule has 92 valence electrons. The Morgan fingerprint density at radius 2 is 1.47 bits per heavy atom. The number of aliphatic hydroxyl groups excluding tert-OH is 1. The minimum atomic E-state index is -0.418. The summed E-state index contributed by atoms with van der Waals surface area (Å²) in [4.78, 5) is 0. The second-order valence-corrected chi connectivity index (χ2v) is 3.80. The van der Waals surface area contributed by atoms with Gasteiger partial charge in [-0.05, 0) is 27.7 Å². The Bertz CT molecular complexity index is 139. The molecule has 0 radical (unpaired) electrons. The smallest absolute Gasteiger partial charge is 0.0785 e. The van der Waals surface area contributed by atoms with Gasteiger partial charge in [0.05, 0.1) is 38.1 Å². The van der Waals surface area contributed by atoms with Crippen molar-refractivity contribution in [3.8, 4) is 0 Å². The quantitative estimate of drug-likeness (QED) is 0.634. The van der Waals surface area contributed by atoms with E-state index in [4.69, 9.17) is 19.3 Å². The second-order valence-electron chi connectivity index (χ2n) is 3.80. The Hall–Kier alpha value is -0.160. The van der Waals surface area contributed by atoms with Gasteiger partial charge < -0.3 is 19.3 Å². The summed E-state index contributed by atoms with van der Waals surface area (Å²) in [5, 5.41) is 8.98. The van der Waals surface area contributed by atoms with Crippen LogP contribution in [0.1, 0.15) is 27.7 Å². The maximum Gasteiger partial charge on any atom is 0.0785 e. The largest absolute Gasteiger partial charge is 0.391 e. The van der Waals surface area contributed by atoms with Gasteiger partial charge in [0.2, 0.25) is 0 Å². The van der Waals surface area contributed by atoms with E-state index in [2.05, 4.69) is 0 Å². The van der Waals surface area contributed by atoms with Gasteiger partial charge in [0.25, 0.3) is 0 Å². The Morgan fingerprint density at radius 1 is 0.933 bits per heavy atom. The lowest BCUT2D eigenvalue weighted by atomic mass is 10.4. The summed E-state index contributed by atoms with van der Waals surface area (Å²) >= 11 is 0. The van der Waals surface area contributed by atoms with Gasteiger partial charge in [0.15, 0.2) is 0 Å². The lowest BCUT2D eigenvalue weighted by Gasteiger charge is -2.19. The average Bonchev–Trinajstić information content (AvgIpc) is 2.14. The molecule has 0 rings (SSSR count). The van der Waals surface area contributed by atoms with E-state index in [0.29, 0.717) is 26.4 Å². The van der Waals surface area contributed by atoms with Crippen molar-refractivity contribution < 1.29 is 19.3 Å². The van der Waals surface area contributed by atoms with Gasteiger partial charge in [-0.15, -0.1) is 0 Å². The molecule has 3 atom stereocenters. The minimum Gasteiger partial charge on any atom is -0.391 e. The number of ether oxygens (including phenoxy) is 3. The van der Waals surface area contributed by atoms with Crippen LogP contribution in [-0.4, -0.2) is 49.8 Å². The third-order valence-electron chi connectivity index (χ3n) is 1.73. The maximum absolute atomic E-state index is 8.98. The Labute approximate surface area is 92.5 Å². The van der Waals surface area contributed by atoms with Crippen molar-refractivity contribution in [1.82, 2.24) is 0 Å². The highest BCUT2D eigenvalue weighted by Gasteiger charge is 2.09. The maximum atomic E-state index is 8.98. The van der Waals surface area contributed by atoms with Gasteiger partial charge in [-0.25, -0.2) is 0 Å². The van der Waals surface area contributed by atoms with E-state index in [1.807, 2.05) is 20.8 Å². The summed E-state index contributed by atoms with van der Waals surface area (Å²) in [6.45, 7) is 9.75. The molecular formula is C11H24O4. The van der Waals surface area contributed by atoms with Gasteiger partial charge >= 0.3 is 0 Å². The fraction of sp³-hybridized carbons (Fsp3) is 1.00. The van der Waals surface area contributed by atoms with Crippen LogP contribution in [0.15, 0.2) is 0 Å². The predicted molar refractivity (Wildman–Crippen MR) is 59.0 cm³/mol. The molecule has 0 amide bonds. The zero-order valence-electron chi connectivity index (χ0n) is 10.2. The first kappa shape index (κ1) is 14.8. The normalized spacial score (nSPS) is 17.4. The molecule has 0 heterocycles. The first-order valence-electron chi connectivity index (χ1n) is 5.55. The second kappa shape index (κ2) is 9.09. The van der Waals surface area contributed by atoms with Crippen LogP contribution in [0.2, 0.25) is 0 Å². The highest BCUT2D eigenvalue weighted by molar-refractivity contribution is 4.54. The SMILES string of the molecule is CCOCC(C)OC(C)COCC(C)O. The molecule has 0 fully saturated rings. The fourth-order valence-electron chi connectivity index (χ4n) is 1.16. The molecule has 1 N–H and O–H groups in total. The monoisotopic (exact) mass is 220 g/mol. The van der Waals surface area contributed by atoms with E-state index in [1.54, 1.807) is 6.92 Å². The summed E-state index contributed by atoms with van der Waals surface area (Å²) < 4.78 is 16.1. The molecule has 0 spiro atoms. The number of hydrogen-bond acceptors (Lipinski definition) is 4. The van der Waals surface area contributed by atoms with E-state index in [9.17, 15) is 0 Å². The van der Waals surface area contributed by atoms with E-state index in [0.717, 1.165) is 0 Å². The van der Waals surface area contributed by atoms with Gasteiger partial charge in [0.1, 0.15) is 0 Å². The molecule has 0 aliphatic rings. The summed E-state index contributed by atoms with van der Waals surface area (Å²) in [6.07, 6.45) is -0.313. The first-order chi connectivity index (χ1) is 7.06. The van der Waals surface area contributed by atoms with Gasteiger partial charge in [-0.3, -0.25) is 0 Å². The van der Waals surface area contributed by atoms with Crippen LogP contribution in [0.4, 0.5) is 0 Å². The molecule has 0 aliphatic carbocycles. The van der Waals surface area contributed by atoms with Gasteiger partial charge in [-0.2, -0.15) is 0 Å². The zero-order valence-corrected chi connectivity index (χ0v) is 10.2. The molecule has 4 nitrogen and oxygen atoms in total. The van der Waals surface area contributed by atoms with Crippen LogP contribution in [0.25, 0.3) is 0 Å². The van der Waals surface area contributed by atoms with Gasteiger partial charge in [0, 0.05) is 6.61 Å². The van der Waals surface area contributed by atoms with Crippen LogP contribution in [0.5, 0.6) is 0 Å². The molecule has 0 aromatic carbocycles. The van der Waals surface area contributed by atoms with E-state index >= 15 is 0 Å². The molecule has 0 aromatic heterocycles. The minimum absolute atomic E-state index is 0.0270. The van der Waals surface area contributed by atoms with Gasteiger partial charge in [-0.1, -0.05) is 0 Å². The topological polar surface area (TPSA) is 47.9 Å². The summed E-state index contributed by atoms with van der Waals surface area (Å²) in [5.74, 6) is 0. The van der Waals surface area contributed by atoms with Crippen LogP contribution in [0.3, 0.4) is 0 Å². The van der Waals surface area contributed by atoms with Crippen LogP contribution < -0.4 is 0 Å². The third kappa shape index (κ3) is 10.1. The van der Waals surface area contributed by atoms with Crippen LogP contribution in [-0.2, 0) is 14.2 Å². The van der Waals surface area contributed by atoms with Crippen molar-refractivity contribution in [2.75, 3.05) is 26.4 Å². The van der Waals surface area contributed by atoms with Crippen molar-refractivity contribution in [1.29, 1.82) is 0 Å². The van der Waals surface area contributed by atoms with Crippen molar-refractivity contribution in [2.24, 2.45) is 0 Å². The van der Waals surface area contributed by atoms with E-state index in [-0.39, 0.29) is 12.2 Å². The molecule has 0 aromatic rings. The molecule has 0 aliphatic heterocycles. The van der Waals surface area contributed by atoms with Crippen molar-refractivity contribution in [3.05, 3.63) is 0 Å². The molecule has 15 heavy (non-hydrogen) atoms. The lowest BCUT2D eigenvalue weighted by molar-refractivity contribution is -0.0768. The lowest BCUT2D eigenvalue weighted by Crippen LogP contribution is -2.26.